The lowest BCUT2D eigenvalue weighted by Gasteiger charge is -2.11. The molecule has 1 atom stereocenters. The van der Waals surface area contributed by atoms with E-state index in [-0.39, 0.29) is 5.90 Å². The van der Waals surface area contributed by atoms with E-state index in [9.17, 15) is 5.11 Å². The number of methoxy groups -OCH3 is 2. The fourth-order valence-corrected chi connectivity index (χ4v) is 1.05. The van der Waals surface area contributed by atoms with E-state index in [0.29, 0.717) is 11.3 Å². The summed E-state index contributed by atoms with van der Waals surface area (Å²) in [7, 11) is 2.93. The maximum Gasteiger partial charge on any atom is 0.214 e. The van der Waals surface area contributed by atoms with E-state index in [2.05, 4.69) is 4.74 Å². The fourth-order valence-electron chi connectivity index (χ4n) is 1.05. The van der Waals surface area contributed by atoms with Gasteiger partial charge in [-0.1, -0.05) is 12.1 Å². The SMILES string of the molecule is COC(=N)[C@H](O)c1ccc(OC)cc1. The summed E-state index contributed by atoms with van der Waals surface area (Å²) in [6.07, 6.45) is -1.01. The number of rotatable bonds is 3. The van der Waals surface area contributed by atoms with Crippen LogP contribution in [0.5, 0.6) is 5.75 Å². The normalized spacial score (nSPS) is 11.9. The largest absolute Gasteiger partial charge is 0.497 e. The molecule has 4 nitrogen and oxygen atoms in total. The minimum atomic E-state index is -1.01. The van der Waals surface area contributed by atoms with Gasteiger partial charge in [0.25, 0.3) is 0 Å². The molecule has 0 saturated heterocycles. The molecule has 0 aliphatic rings. The van der Waals surface area contributed by atoms with Crippen molar-refractivity contribution in [1.82, 2.24) is 0 Å². The number of nitrogens with one attached hydrogen (secondary N) is 1. The summed E-state index contributed by atoms with van der Waals surface area (Å²) in [4.78, 5) is 0. The Hall–Kier alpha value is -1.55. The lowest BCUT2D eigenvalue weighted by Crippen LogP contribution is -2.12. The summed E-state index contributed by atoms with van der Waals surface area (Å²) in [5.41, 5.74) is 0.609. The van der Waals surface area contributed by atoms with Crippen LogP contribution in [-0.4, -0.2) is 25.2 Å². The smallest absolute Gasteiger partial charge is 0.214 e. The Balaban J connectivity index is 2.81. The third kappa shape index (κ3) is 2.23. The van der Waals surface area contributed by atoms with Crippen LogP contribution in [0.1, 0.15) is 11.7 Å². The Bertz CT molecular complexity index is 308. The molecule has 0 spiro atoms. The summed E-state index contributed by atoms with van der Waals surface area (Å²) < 4.78 is 9.59. The van der Waals surface area contributed by atoms with E-state index in [0.717, 1.165) is 0 Å². The van der Waals surface area contributed by atoms with Gasteiger partial charge >= 0.3 is 0 Å². The minimum Gasteiger partial charge on any atom is -0.497 e. The topological polar surface area (TPSA) is 62.5 Å². The van der Waals surface area contributed by atoms with E-state index in [1.165, 1.54) is 7.11 Å². The summed E-state index contributed by atoms with van der Waals surface area (Å²) in [5, 5.41) is 16.8. The zero-order valence-corrected chi connectivity index (χ0v) is 8.15. The van der Waals surface area contributed by atoms with E-state index in [1.807, 2.05) is 0 Å². The van der Waals surface area contributed by atoms with Crippen molar-refractivity contribution in [2.45, 2.75) is 6.10 Å². The van der Waals surface area contributed by atoms with Crippen molar-refractivity contribution < 1.29 is 14.6 Å². The van der Waals surface area contributed by atoms with Crippen molar-refractivity contribution in [2.24, 2.45) is 0 Å². The van der Waals surface area contributed by atoms with Gasteiger partial charge < -0.3 is 14.6 Å². The molecule has 2 N–H and O–H groups in total. The first-order valence-corrected chi connectivity index (χ1v) is 4.13. The molecular weight excluding hydrogens is 182 g/mol. The maximum atomic E-state index is 9.56. The molecule has 76 valence electrons. The highest BCUT2D eigenvalue weighted by Crippen LogP contribution is 2.18. The first-order chi connectivity index (χ1) is 6.69. The first-order valence-electron chi connectivity index (χ1n) is 4.13. The standard InChI is InChI=1S/C10H13NO3/c1-13-8-5-3-7(4-6-8)9(12)10(11)14-2/h3-6,9,11-12H,1-2H3/t9-/m1/s1. The molecule has 14 heavy (non-hydrogen) atoms. The lowest BCUT2D eigenvalue weighted by atomic mass is 10.1. The van der Waals surface area contributed by atoms with Crippen LogP contribution in [0, 0.1) is 5.41 Å². The van der Waals surface area contributed by atoms with Gasteiger partial charge in [0.05, 0.1) is 14.2 Å². The molecule has 1 aromatic carbocycles. The molecule has 0 amide bonds. The highest BCUT2D eigenvalue weighted by molar-refractivity contribution is 5.78. The molecule has 0 bridgehead atoms. The van der Waals surface area contributed by atoms with Gasteiger partial charge in [-0.15, -0.1) is 0 Å². The van der Waals surface area contributed by atoms with Crippen molar-refractivity contribution in [2.75, 3.05) is 14.2 Å². The highest BCUT2D eigenvalue weighted by atomic mass is 16.5. The van der Waals surface area contributed by atoms with E-state index >= 15 is 0 Å². The summed E-state index contributed by atoms with van der Waals surface area (Å²) in [5.74, 6) is 0.542. The van der Waals surface area contributed by atoms with Crippen LogP contribution < -0.4 is 4.74 Å². The molecule has 0 aliphatic carbocycles. The zero-order valence-electron chi connectivity index (χ0n) is 8.15. The number of aliphatic hydroxyl groups is 1. The Morgan fingerprint density at radius 3 is 2.29 bits per heavy atom. The molecule has 1 rings (SSSR count). The second-order valence-electron chi connectivity index (χ2n) is 2.74. The zero-order chi connectivity index (χ0) is 10.6. The van der Waals surface area contributed by atoms with Gasteiger partial charge in [0, 0.05) is 0 Å². The van der Waals surface area contributed by atoms with E-state index < -0.39 is 6.10 Å². The third-order valence-electron chi connectivity index (χ3n) is 1.90. The van der Waals surface area contributed by atoms with Gasteiger partial charge in [-0.25, -0.2) is 0 Å². The summed E-state index contributed by atoms with van der Waals surface area (Å²) >= 11 is 0. The van der Waals surface area contributed by atoms with Crippen molar-refractivity contribution in [3.8, 4) is 5.75 Å². The number of hydrogen-bond acceptors (Lipinski definition) is 4. The average Bonchev–Trinajstić information content (AvgIpc) is 2.27. The monoisotopic (exact) mass is 195 g/mol. The molecule has 0 aromatic heterocycles. The van der Waals surface area contributed by atoms with E-state index in [4.69, 9.17) is 10.1 Å². The van der Waals surface area contributed by atoms with Crippen LogP contribution in [0.2, 0.25) is 0 Å². The quantitative estimate of drug-likeness (QED) is 0.565. The van der Waals surface area contributed by atoms with Crippen LogP contribution in [0.15, 0.2) is 24.3 Å². The fraction of sp³-hybridized carbons (Fsp3) is 0.300. The van der Waals surface area contributed by atoms with Crippen LogP contribution in [0.25, 0.3) is 0 Å². The molecule has 1 aromatic rings. The molecule has 0 fully saturated rings. The molecule has 0 aliphatic heterocycles. The maximum absolute atomic E-state index is 9.56. The Morgan fingerprint density at radius 1 is 1.29 bits per heavy atom. The van der Waals surface area contributed by atoms with Crippen LogP contribution in [0.3, 0.4) is 0 Å². The molecular formula is C10H13NO3. The van der Waals surface area contributed by atoms with Gasteiger partial charge in [0.1, 0.15) is 5.75 Å². The Morgan fingerprint density at radius 2 is 1.86 bits per heavy atom. The minimum absolute atomic E-state index is 0.171. The summed E-state index contributed by atoms with van der Waals surface area (Å²) in [6.45, 7) is 0. The molecule has 0 heterocycles. The van der Waals surface area contributed by atoms with Crippen molar-refractivity contribution >= 4 is 5.90 Å². The van der Waals surface area contributed by atoms with Crippen molar-refractivity contribution in [3.63, 3.8) is 0 Å². The van der Waals surface area contributed by atoms with Crippen molar-refractivity contribution in [1.29, 1.82) is 5.41 Å². The van der Waals surface area contributed by atoms with E-state index in [1.54, 1.807) is 31.4 Å². The average molecular weight is 195 g/mol. The molecule has 4 heteroatoms. The Kier molecular flexibility index (Phi) is 3.48. The number of ether oxygens (including phenoxy) is 2. The van der Waals surface area contributed by atoms with Gasteiger partial charge in [-0.3, -0.25) is 5.41 Å². The van der Waals surface area contributed by atoms with Gasteiger partial charge in [0.2, 0.25) is 5.90 Å². The molecule has 0 unspecified atom stereocenters. The van der Waals surface area contributed by atoms with Crippen LogP contribution in [0.4, 0.5) is 0 Å². The predicted molar refractivity (Wildman–Crippen MR) is 52.7 cm³/mol. The molecule has 0 radical (unpaired) electrons. The number of aliphatic hydroxyl groups excluding tert-OH is 1. The first kappa shape index (κ1) is 10.5. The van der Waals surface area contributed by atoms with Crippen LogP contribution >= 0.6 is 0 Å². The number of hydrogen-bond donors (Lipinski definition) is 2. The van der Waals surface area contributed by atoms with Gasteiger partial charge in [-0.05, 0) is 17.7 Å². The summed E-state index contributed by atoms with van der Waals surface area (Å²) in [6, 6.07) is 6.83. The van der Waals surface area contributed by atoms with Gasteiger partial charge in [-0.2, -0.15) is 0 Å². The molecule has 0 saturated carbocycles. The number of benzene rings is 1. The van der Waals surface area contributed by atoms with Crippen LogP contribution in [-0.2, 0) is 4.74 Å². The van der Waals surface area contributed by atoms with Gasteiger partial charge in [0.15, 0.2) is 6.10 Å². The second-order valence-corrected chi connectivity index (χ2v) is 2.74. The third-order valence-corrected chi connectivity index (χ3v) is 1.90. The Labute approximate surface area is 82.6 Å². The lowest BCUT2D eigenvalue weighted by molar-refractivity contribution is 0.205. The second kappa shape index (κ2) is 4.62. The highest BCUT2D eigenvalue weighted by Gasteiger charge is 2.13. The van der Waals surface area contributed by atoms with Crippen molar-refractivity contribution in [3.05, 3.63) is 29.8 Å². The predicted octanol–water partition coefficient (Wildman–Crippen LogP) is 1.35.